The summed E-state index contributed by atoms with van der Waals surface area (Å²) in [5.41, 5.74) is 0.670. The van der Waals surface area contributed by atoms with Crippen molar-refractivity contribution in [2.75, 3.05) is 0 Å². The van der Waals surface area contributed by atoms with Crippen LogP contribution in [0.5, 0.6) is 5.88 Å². The van der Waals surface area contributed by atoms with Gasteiger partial charge >= 0.3 is 6.72 Å². The van der Waals surface area contributed by atoms with Gasteiger partial charge in [-0.2, -0.15) is 0 Å². The average Bonchev–Trinajstić information content (AvgIpc) is 1.82. The van der Waals surface area contributed by atoms with Crippen LogP contribution < -0.4 is 4.52 Å². The van der Waals surface area contributed by atoms with Gasteiger partial charge in [0.2, 0.25) is 5.88 Å². The van der Waals surface area contributed by atoms with Crippen molar-refractivity contribution in [3.8, 4) is 5.88 Å². The van der Waals surface area contributed by atoms with E-state index in [-0.39, 0.29) is 5.88 Å². The predicted octanol–water partition coefficient (Wildman–Crippen LogP) is 0.373. The quantitative estimate of drug-likeness (QED) is 0.681. The molecular formula is C5H7N2O3PS. The van der Waals surface area contributed by atoms with Gasteiger partial charge in [0.25, 0.3) is 0 Å². The molecule has 66 valence electrons. The first-order valence-electron chi connectivity index (χ1n) is 3.01. The lowest BCUT2D eigenvalue weighted by molar-refractivity contribution is 0.364. The van der Waals surface area contributed by atoms with Crippen molar-refractivity contribution >= 4 is 18.5 Å². The second kappa shape index (κ2) is 3.45. The molecule has 0 saturated heterocycles. The summed E-state index contributed by atoms with van der Waals surface area (Å²) < 4.78 is 4.57. The fourth-order valence-corrected chi connectivity index (χ4v) is 1.17. The standard InChI is InChI=1S/C5H7N2O3PS/c1-4-2-5(7-3-6-4)10-11(8,9)12/h2-3H,1H3,(H2,8,9,12). The topological polar surface area (TPSA) is 75.5 Å². The van der Waals surface area contributed by atoms with E-state index in [1.54, 1.807) is 6.92 Å². The molecule has 0 aliphatic heterocycles. The third-order valence-electron chi connectivity index (χ3n) is 0.991. The number of aromatic nitrogens is 2. The summed E-state index contributed by atoms with van der Waals surface area (Å²) in [6, 6.07) is 1.47. The van der Waals surface area contributed by atoms with E-state index in [0.717, 1.165) is 0 Å². The molecule has 1 aromatic heterocycles. The van der Waals surface area contributed by atoms with E-state index in [1.165, 1.54) is 12.4 Å². The lowest BCUT2D eigenvalue weighted by atomic mass is 10.4. The maximum Gasteiger partial charge on any atom is 0.376 e. The van der Waals surface area contributed by atoms with Crippen LogP contribution in [0.25, 0.3) is 0 Å². The summed E-state index contributed by atoms with van der Waals surface area (Å²) >= 11 is 4.25. The van der Waals surface area contributed by atoms with E-state index in [4.69, 9.17) is 9.79 Å². The van der Waals surface area contributed by atoms with Crippen molar-refractivity contribution in [3.05, 3.63) is 18.1 Å². The fraction of sp³-hybridized carbons (Fsp3) is 0.200. The highest BCUT2D eigenvalue weighted by Gasteiger charge is 2.10. The van der Waals surface area contributed by atoms with Crippen LogP contribution in [-0.4, -0.2) is 19.8 Å². The Hall–Kier alpha value is -0.550. The summed E-state index contributed by atoms with van der Waals surface area (Å²) in [6.45, 7) is -1.94. The smallest absolute Gasteiger partial charge is 0.376 e. The number of rotatable bonds is 2. The largest absolute Gasteiger partial charge is 0.406 e. The monoisotopic (exact) mass is 206 g/mol. The second-order valence-electron chi connectivity index (χ2n) is 2.08. The molecule has 0 unspecified atom stereocenters. The highest BCUT2D eigenvalue weighted by molar-refractivity contribution is 8.06. The van der Waals surface area contributed by atoms with Crippen molar-refractivity contribution in [3.63, 3.8) is 0 Å². The molecular weight excluding hydrogens is 199 g/mol. The fourth-order valence-electron chi connectivity index (χ4n) is 0.602. The first-order chi connectivity index (χ1) is 5.47. The second-order valence-corrected chi connectivity index (χ2v) is 4.67. The molecule has 2 N–H and O–H groups in total. The molecule has 0 aliphatic rings. The van der Waals surface area contributed by atoms with Crippen molar-refractivity contribution in [2.24, 2.45) is 0 Å². The van der Waals surface area contributed by atoms with Gasteiger partial charge in [0.05, 0.1) is 0 Å². The van der Waals surface area contributed by atoms with E-state index >= 15 is 0 Å². The third-order valence-corrected chi connectivity index (χ3v) is 1.64. The normalized spacial score (nSPS) is 11.2. The van der Waals surface area contributed by atoms with Crippen LogP contribution >= 0.6 is 6.72 Å². The SMILES string of the molecule is Cc1cc(OP(O)(O)=S)ncn1. The zero-order valence-corrected chi connectivity index (χ0v) is 7.92. The summed E-state index contributed by atoms with van der Waals surface area (Å²) in [7, 11) is 0. The van der Waals surface area contributed by atoms with Crippen LogP contribution in [0.4, 0.5) is 0 Å². The molecule has 0 spiro atoms. The van der Waals surface area contributed by atoms with Crippen LogP contribution in [-0.2, 0) is 11.8 Å². The molecule has 0 bridgehead atoms. The van der Waals surface area contributed by atoms with E-state index in [0.29, 0.717) is 5.69 Å². The van der Waals surface area contributed by atoms with Crippen LogP contribution in [0.15, 0.2) is 12.4 Å². The highest BCUT2D eigenvalue weighted by atomic mass is 32.5. The van der Waals surface area contributed by atoms with E-state index in [2.05, 4.69) is 26.3 Å². The van der Waals surface area contributed by atoms with Crippen molar-refractivity contribution < 1.29 is 14.3 Å². The molecule has 0 saturated carbocycles. The maximum atomic E-state index is 8.76. The lowest BCUT2D eigenvalue weighted by Crippen LogP contribution is -1.93. The van der Waals surface area contributed by atoms with Gasteiger partial charge in [0.15, 0.2) is 0 Å². The Morgan fingerprint density at radius 2 is 2.17 bits per heavy atom. The van der Waals surface area contributed by atoms with Gasteiger partial charge in [-0.1, -0.05) is 0 Å². The van der Waals surface area contributed by atoms with E-state index in [1.807, 2.05) is 0 Å². The molecule has 1 aromatic rings. The predicted molar refractivity (Wildman–Crippen MR) is 46.1 cm³/mol. The van der Waals surface area contributed by atoms with Crippen LogP contribution in [0.2, 0.25) is 0 Å². The minimum absolute atomic E-state index is 0.0795. The Kier molecular flexibility index (Phi) is 2.74. The van der Waals surface area contributed by atoms with E-state index in [9.17, 15) is 0 Å². The highest BCUT2D eigenvalue weighted by Crippen LogP contribution is 2.36. The van der Waals surface area contributed by atoms with Gasteiger partial charge in [0.1, 0.15) is 6.33 Å². The van der Waals surface area contributed by atoms with Gasteiger partial charge in [-0.05, 0) is 6.92 Å². The van der Waals surface area contributed by atoms with Crippen molar-refractivity contribution in [1.82, 2.24) is 9.97 Å². The Morgan fingerprint density at radius 1 is 1.50 bits per heavy atom. The molecule has 1 heterocycles. The maximum absolute atomic E-state index is 8.76. The summed E-state index contributed by atoms with van der Waals surface area (Å²) in [6.07, 6.45) is 1.26. The molecule has 0 fully saturated rings. The number of hydrogen-bond donors (Lipinski definition) is 2. The molecule has 0 amide bonds. The Bertz CT molecular complexity index is 326. The van der Waals surface area contributed by atoms with E-state index < -0.39 is 6.72 Å². The minimum Gasteiger partial charge on any atom is -0.406 e. The van der Waals surface area contributed by atoms with Gasteiger partial charge in [-0.3, -0.25) is 0 Å². The molecule has 12 heavy (non-hydrogen) atoms. The summed E-state index contributed by atoms with van der Waals surface area (Å²) in [5.74, 6) is 0.0795. The van der Waals surface area contributed by atoms with Gasteiger partial charge in [0, 0.05) is 23.6 Å². The van der Waals surface area contributed by atoms with Crippen LogP contribution in [0.1, 0.15) is 5.69 Å². The van der Waals surface area contributed by atoms with Gasteiger partial charge in [-0.25, -0.2) is 9.97 Å². The zero-order valence-electron chi connectivity index (χ0n) is 6.21. The number of aryl methyl sites for hydroxylation is 1. The zero-order chi connectivity index (χ0) is 9.19. The molecule has 7 heteroatoms. The Morgan fingerprint density at radius 3 is 2.67 bits per heavy atom. The van der Waals surface area contributed by atoms with Gasteiger partial charge in [-0.15, -0.1) is 0 Å². The lowest BCUT2D eigenvalue weighted by Gasteiger charge is -2.07. The molecule has 0 aliphatic carbocycles. The molecule has 1 rings (SSSR count). The van der Waals surface area contributed by atoms with Crippen LogP contribution in [0.3, 0.4) is 0 Å². The Balaban J connectivity index is 2.84. The van der Waals surface area contributed by atoms with Crippen molar-refractivity contribution in [1.29, 1.82) is 0 Å². The van der Waals surface area contributed by atoms with Gasteiger partial charge < -0.3 is 14.3 Å². The Labute approximate surface area is 74.3 Å². The third kappa shape index (κ3) is 3.23. The number of nitrogens with zero attached hydrogens (tertiary/aromatic N) is 2. The molecule has 5 nitrogen and oxygen atoms in total. The van der Waals surface area contributed by atoms with Crippen molar-refractivity contribution in [2.45, 2.75) is 6.92 Å². The first kappa shape index (κ1) is 9.54. The number of hydrogen-bond acceptors (Lipinski definition) is 4. The molecule has 0 atom stereocenters. The average molecular weight is 206 g/mol. The molecule has 0 aromatic carbocycles. The minimum atomic E-state index is -3.66. The molecule has 0 radical (unpaired) electrons. The van der Waals surface area contributed by atoms with Crippen LogP contribution in [0, 0.1) is 6.92 Å². The summed E-state index contributed by atoms with van der Waals surface area (Å²) in [5, 5.41) is 0. The summed E-state index contributed by atoms with van der Waals surface area (Å²) in [4.78, 5) is 24.9. The first-order valence-corrected chi connectivity index (χ1v) is 5.64.